The summed E-state index contributed by atoms with van der Waals surface area (Å²) in [5, 5.41) is 7.67. The lowest BCUT2D eigenvalue weighted by atomic mass is 10.2. The summed E-state index contributed by atoms with van der Waals surface area (Å²) in [6.07, 6.45) is 5.81. The molecule has 0 aromatic carbocycles. The summed E-state index contributed by atoms with van der Waals surface area (Å²) < 4.78 is 3.05. The zero-order chi connectivity index (χ0) is 13.7. The molecule has 0 aliphatic heterocycles. The molecule has 0 spiro atoms. The van der Waals surface area contributed by atoms with Crippen LogP contribution in [-0.4, -0.2) is 21.3 Å². The van der Waals surface area contributed by atoms with Gasteiger partial charge in [-0.25, -0.2) is 0 Å². The van der Waals surface area contributed by atoms with E-state index < -0.39 is 0 Å². The molecule has 0 unspecified atom stereocenters. The number of hydrogen-bond donors (Lipinski definition) is 1. The smallest absolute Gasteiger partial charge is 0.0831 e. The van der Waals surface area contributed by atoms with E-state index >= 15 is 0 Å². The highest BCUT2D eigenvalue weighted by Gasteiger charge is 2.00. The molecule has 19 heavy (non-hydrogen) atoms. The number of pyridine rings is 1. The van der Waals surface area contributed by atoms with E-state index in [1.54, 1.807) is 0 Å². The summed E-state index contributed by atoms with van der Waals surface area (Å²) in [5.74, 6) is 0.675. The summed E-state index contributed by atoms with van der Waals surface area (Å²) in [5.41, 5.74) is 2.26. The Morgan fingerprint density at radius 2 is 2.16 bits per heavy atom. The summed E-state index contributed by atoms with van der Waals surface area (Å²) >= 11 is 2.26. The minimum absolute atomic E-state index is 0.675. The van der Waals surface area contributed by atoms with Crippen LogP contribution in [0, 0.1) is 9.49 Å². The van der Waals surface area contributed by atoms with E-state index in [-0.39, 0.29) is 0 Å². The fraction of sp³-hybridized carbons (Fsp3) is 0.429. The van der Waals surface area contributed by atoms with Crippen LogP contribution in [0.2, 0.25) is 0 Å². The van der Waals surface area contributed by atoms with Gasteiger partial charge in [-0.1, -0.05) is 19.9 Å². The molecule has 5 heteroatoms. The van der Waals surface area contributed by atoms with Crippen LogP contribution in [-0.2, 0) is 13.1 Å². The lowest BCUT2D eigenvalue weighted by Crippen LogP contribution is -2.19. The first-order chi connectivity index (χ1) is 9.13. The van der Waals surface area contributed by atoms with Crippen LogP contribution in [0.1, 0.15) is 25.1 Å². The van der Waals surface area contributed by atoms with Gasteiger partial charge in [-0.2, -0.15) is 5.10 Å². The third-order valence-corrected chi connectivity index (χ3v) is 3.25. The fourth-order valence-corrected chi connectivity index (χ4v) is 2.20. The third-order valence-electron chi connectivity index (χ3n) is 2.69. The van der Waals surface area contributed by atoms with Crippen molar-refractivity contribution in [3.05, 3.63) is 45.6 Å². The maximum absolute atomic E-state index is 4.48. The predicted octanol–water partition coefficient (Wildman–Crippen LogP) is 2.68. The molecule has 0 atom stereocenters. The Hall–Kier alpha value is -0.950. The van der Waals surface area contributed by atoms with Gasteiger partial charge < -0.3 is 5.32 Å². The zero-order valence-electron chi connectivity index (χ0n) is 11.3. The minimum atomic E-state index is 0.675. The van der Waals surface area contributed by atoms with E-state index in [2.05, 4.69) is 64.0 Å². The van der Waals surface area contributed by atoms with Crippen molar-refractivity contribution in [2.75, 3.05) is 6.54 Å². The predicted molar refractivity (Wildman–Crippen MR) is 84.8 cm³/mol. The van der Waals surface area contributed by atoms with E-state index in [4.69, 9.17) is 0 Å². The molecule has 0 aliphatic carbocycles. The summed E-state index contributed by atoms with van der Waals surface area (Å²) in [6, 6.07) is 4.20. The first-order valence-electron chi connectivity index (χ1n) is 6.46. The average Bonchev–Trinajstić information content (AvgIpc) is 2.77. The third kappa shape index (κ3) is 4.91. The molecule has 1 N–H and O–H groups in total. The summed E-state index contributed by atoms with van der Waals surface area (Å²) in [4.78, 5) is 4.48. The lowest BCUT2D eigenvalue weighted by Gasteiger charge is -2.07. The van der Waals surface area contributed by atoms with Crippen molar-refractivity contribution in [2.24, 2.45) is 5.92 Å². The number of nitrogens with one attached hydrogen (secondary N) is 1. The monoisotopic (exact) mass is 370 g/mol. The average molecular weight is 370 g/mol. The van der Waals surface area contributed by atoms with Crippen LogP contribution < -0.4 is 5.32 Å². The van der Waals surface area contributed by atoms with Crippen LogP contribution in [0.25, 0.3) is 0 Å². The van der Waals surface area contributed by atoms with Crippen LogP contribution in [0.5, 0.6) is 0 Å². The molecular formula is C14H19IN4. The van der Waals surface area contributed by atoms with Crippen LogP contribution in [0.15, 0.2) is 30.7 Å². The minimum Gasteiger partial charge on any atom is -0.312 e. The molecule has 2 rings (SSSR count). The molecular weight excluding hydrogens is 351 g/mol. The van der Waals surface area contributed by atoms with Gasteiger partial charge in [-0.05, 0) is 46.7 Å². The van der Waals surface area contributed by atoms with E-state index in [1.165, 1.54) is 5.56 Å². The van der Waals surface area contributed by atoms with Gasteiger partial charge in [0.05, 0.1) is 22.0 Å². The molecule has 0 saturated carbocycles. The summed E-state index contributed by atoms with van der Waals surface area (Å²) in [7, 11) is 0. The van der Waals surface area contributed by atoms with Crippen molar-refractivity contribution in [1.29, 1.82) is 0 Å². The molecule has 0 radical (unpaired) electrons. The normalized spacial score (nSPS) is 11.2. The van der Waals surface area contributed by atoms with E-state index in [1.807, 2.05) is 23.3 Å². The van der Waals surface area contributed by atoms with Gasteiger partial charge in [0.15, 0.2) is 0 Å². The largest absolute Gasteiger partial charge is 0.312 e. The number of halogens is 1. The van der Waals surface area contributed by atoms with Crippen molar-refractivity contribution in [1.82, 2.24) is 20.1 Å². The second kappa shape index (κ2) is 7.00. The van der Waals surface area contributed by atoms with Crippen molar-refractivity contribution in [3.8, 4) is 0 Å². The quantitative estimate of drug-likeness (QED) is 0.796. The maximum atomic E-state index is 4.48. The van der Waals surface area contributed by atoms with Crippen molar-refractivity contribution in [2.45, 2.75) is 26.9 Å². The van der Waals surface area contributed by atoms with Gasteiger partial charge in [-0.3, -0.25) is 9.67 Å². The highest BCUT2D eigenvalue weighted by molar-refractivity contribution is 14.1. The second-order valence-electron chi connectivity index (χ2n) is 5.04. The fourth-order valence-electron chi connectivity index (χ4n) is 1.75. The Labute approximate surface area is 127 Å². The molecule has 0 aliphatic rings. The molecule has 0 amide bonds. The standard InChI is InChI=1S/C14H19IN4/c1-11(2)5-16-6-12-3-4-14(17-7-12)10-19-9-13(15)8-18-19/h3-4,7-9,11,16H,5-6,10H2,1-2H3. The molecule has 4 nitrogen and oxygen atoms in total. The molecule has 0 bridgehead atoms. The zero-order valence-corrected chi connectivity index (χ0v) is 13.5. The molecule has 0 saturated heterocycles. The van der Waals surface area contributed by atoms with Crippen molar-refractivity contribution in [3.63, 3.8) is 0 Å². The molecule has 2 aromatic heterocycles. The number of aromatic nitrogens is 3. The van der Waals surface area contributed by atoms with Crippen molar-refractivity contribution >= 4 is 22.6 Å². The first-order valence-corrected chi connectivity index (χ1v) is 7.54. The van der Waals surface area contributed by atoms with Gasteiger partial charge in [-0.15, -0.1) is 0 Å². The second-order valence-corrected chi connectivity index (χ2v) is 6.28. The van der Waals surface area contributed by atoms with Gasteiger partial charge in [0.25, 0.3) is 0 Å². The Bertz CT molecular complexity index is 504. The molecule has 0 fully saturated rings. The van der Waals surface area contributed by atoms with Gasteiger partial charge >= 0.3 is 0 Å². The Morgan fingerprint density at radius 3 is 2.74 bits per heavy atom. The molecule has 2 aromatic rings. The first kappa shape index (κ1) is 14.5. The molecule has 2 heterocycles. The van der Waals surface area contributed by atoms with Crippen molar-refractivity contribution < 1.29 is 0 Å². The van der Waals surface area contributed by atoms with Gasteiger partial charge in [0.1, 0.15) is 0 Å². The van der Waals surface area contributed by atoms with E-state index in [9.17, 15) is 0 Å². The van der Waals surface area contributed by atoms with Crippen LogP contribution in [0.3, 0.4) is 0 Å². The number of hydrogen-bond acceptors (Lipinski definition) is 3. The maximum Gasteiger partial charge on any atom is 0.0831 e. The van der Waals surface area contributed by atoms with Gasteiger partial charge in [0.2, 0.25) is 0 Å². The van der Waals surface area contributed by atoms with Crippen LogP contribution in [0.4, 0.5) is 0 Å². The van der Waals surface area contributed by atoms with Gasteiger partial charge in [0, 0.05) is 18.9 Å². The lowest BCUT2D eigenvalue weighted by molar-refractivity contribution is 0.551. The van der Waals surface area contributed by atoms with Crippen LogP contribution >= 0.6 is 22.6 Å². The topological polar surface area (TPSA) is 42.7 Å². The summed E-state index contributed by atoms with van der Waals surface area (Å²) in [6.45, 7) is 7.06. The Kier molecular flexibility index (Phi) is 5.33. The Balaban J connectivity index is 1.87. The number of nitrogens with zero attached hydrogens (tertiary/aromatic N) is 3. The molecule has 102 valence electrons. The number of rotatable bonds is 6. The highest BCUT2D eigenvalue weighted by atomic mass is 127. The van der Waals surface area contributed by atoms with E-state index in [0.29, 0.717) is 5.92 Å². The Morgan fingerprint density at radius 1 is 1.32 bits per heavy atom. The SMILES string of the molecule is CC(C)CNCc1ccc(Cn2cc(I)cn2)nc1. The highest BCUT2D eigenvalue weighted by Crippen LogP contribution is 2.05. The van der Waals surface area contributed by atoms with E-state index in [0.717, 1.165) is 28.9 Å².